The van der Waals surface area contributed by atoms with E-state index in [2.05, 4.69) is 6.92 Å². The second kappa shape index (κ2) is 8.43. The third kappa shape index (κ3) is 4.29. The summed E-state index contributed by atoms with van der Waals surface area (Å²) in [6.07, 6.45) is 8.61. The normalized spacial score (nSPS) is 16.9. The largest absolute Gasteiger partial charge is 0.493 e. The summed E-state index contributed by atoms with van der Waals surface area (Å²) in [6.45, 7) is 2.19. The summed E-state index contributed by atoms with van der Waals surface area (Å²) in [7, 11) is 0. The van der Waals surface area contributed by atoms with Gasteiger partial charge in [0.2, 0.25) is 0 Å². The topological polar surface area (TPSA) is 9.23 Å². The van der Waals surface area contributed by atoms with E-state index in [9.17, 15) is 13.2 Å². The molecule has 138 valence electrons. The van der Waals surface area contributed by atoms with Crippen LogP contribution in [0.5, 0.6) is 0 Å². The fourth-order valence-electron chi connectivity index (χ4n) is 3.27. The Kier molecular flexibility index (Phi) is 6.02. The quantitative estimate of drug-likeness (QED) is 0.395. The van der Waals surface area contributed by atoms with Crippen LogP contribution in [0, 0.1) is 17.5 Å². The molecule has 4 heteroatoms. The zero-order chi connectivity index (χ0) is 18.5. The molecule has 1 heterocycles. The van der Waals surface area contributed by atoms with Crippen molar-refractivity contribution in [3.05, 3.63) is 71.2 Å². The van der Waals surface area contributed by atoms with Crippen molar-refractivity contribution in [2.75, 3.05) is 0 Å². The van der Waals surface area contributed by atoms with Gasteiger partial charge < -0.3 is 4.74 Å². The van der Waals surface area contributed by atoms with Crippen LogP contribution in [-0.4, -0.2) is 0 Å². The second-order valence-electron chi connectivity index (χ2n) is 6.77. The molecule has 0 saturated carbocycles. The lowest BCUT2D eigenvalue weighted by atomic mass is 9.95. The van der Waals surface area contributed by atoms with Crippen LogP contribution in [0.1, 0.15) is 57.1 Å². The number of rotatable bonds is 6. The average molecular weight is 360 g/mol. The predicted molar refractivity (Wildman–Crippen MR) is 97.0 cm³/mol. The van der Waals surface area contributed by atoms with Crippen LogP contribution in [0.3, 0.4) is 0 Å². The van der Waals surface area contributed by atoms with Crippen LogP contribution >= 0.6 is 0 Å². The molecule has 2 aromatic rings. The summed E-state index contributed by atoms with van der Waals surface area (Å²) in [4.78, 5) is 0. The molecule has 26 heavy (non-hydrogen) atoms. The van der Waals surface area contributed by atoms with Gasteiger partial charge in [-0.2, -0.15) is 0 Å². The highest BCUT2D eigenvalue weighted by molar-refractivity contribution is 5.64. The van der Waals surface area contributed by atoms with Crippen LogP contribution in [0.15, 0.2) is 48.2 Å². The maximum atomic E-state index is 13.4. The Hall–Kier alpha value is -2.23. The molecule has 0 fully saturated rings. The van der Waals surface area contributed by atoms with E-state index in [4.69, 9.17) is 4.74 Å². The van der Waals surface area contributed by atoms with E-state index in [0.717, 1.165) is 37.0 Å². The van der Waals surface area contributed by atoms with Crippen molar-refractivity contribution in [3.8, 4) is 11.1 Å². The molecule has 1 unspecified atom stereocenters. The zero-order valence-electron chi connectivity index (χ0n) is 14.9. The van der Waals surface area contributed by atoms with Crippen molar-refractivity contribution in [2.24, 2.45) is 0 Å². The third-order valence-electron chi connectivity index (χ3n) is 4.83. The van der Waals surface area contributed by atoms with Gasteiger partial charge in [0.05, 0.1) is 6.26 Å². The Bertz CT molecular complexity index is 757. The number of hydrogen-bond donors (Lipinski definition) is 0. The summed E-state index contributed by atoms with van der Waals surface area (Å²) in [5.74, 6) is -3.80. The minimum absolute atomic E-state index is 0.000616. The molecule has 0 saturated heterocycles. The van der Waals surface area contributed by atoms with Crippen molar-refractivity contribution in [3.63, 3.8) is 0 Å². The highest BCUT2D eigenvalue weighted by Crippen LogP contribution is 2.33. The SMILES string of the molecule is CCCCCC1=COC(c2ccc(-c3cc(F)c(F)c(F)c3)cc2)CC1. The number of benzene rings is 2. The Morgan fingerprint density at radius 2 is 1.65 bits per heavy atom. The van der Waals surface area contributed by atoms with E-state index in [0.29, 0.717) is 11.1 Å². The van der Waals surface area contributed by atoms with Gasteiger partial charge in [-0.15, -0.1) is 0 Å². The zero-order valence-corrected chi connectivity index (χ0v) is 14.9. The maximum absolute atomic E-state index is 13.4. The molecule has 0 spiro atoms. The van der Waals surface area contributed by atoms with Crippen LogP contribution in [0.2, 0.25) is 0 Å². The van der Waals surface area contributed by atoms with E-state index >= 15 is 0 Å². The predicted octanol–water partition coefficient (Wildman–Crippen LogP) is 7.09. The van der Waals surface area contributed by atoms with Gasteiger partial charge in [0.15, 0.2) is 17.5 Å². The first-order valence-corrected chi connectivity index (χ1v) is 9.16. The molecule has 1 aliphatic rings. The summed E-state index contributed by atoms with van der Waals surface area (Å²) in [5.41, 5.74) is 3.35. The molecule has 1 aliphatic heterocycles. The van der Waals surface area contributed by atoms with Crippen molar-refractivity contribution in [2.45, 2.75) is 51.6 Å². The van der Waals surface area contributed by atoms with E-state index in [1.54, 1.807) is 12.1 Å². The van der Waals surface area contributed by atoms with Crippen molar-refractivity contribution >= 4 is 0 Å². The summed E-state index contributed by atoms with van der Waals surface area (Å²) >= 11 is 0. The Morgan fingerprint density at radius 1 is 0.962 bits per heavy atom. The van der Waals surface area contributed by atoms with E-state index in [1.807, 2.05) is 18.4 Å². The highest BCUT2D eigenvalue weighted by Gasteiger charge is 2.18. The van der Waals surface area contributed by atoms with E-state index in [1.165, 1.54) is 24.8 Å². The second-order valence-corrected chi connectivity index (χ2v) is 6.77. The lowest BCUT2D eigenvalue weighted by molar-refractivity contribution is 0.119. The smallest absolute Gasteiger partial charge is 0.194 e. The first kappa shape index (κ1) is 18.6. The molecule has 1 nitrogen and oxygen atoms in total. The third-order valence-corrected chi connectivity index (χ3v) is 4.83. The van der Waals surface area contributed by atoms with Crippen LogP contribution in [-0.2, 0) is 4.74 Å². The standard InChI is InChI=1S/C22H23F3O/c1-2-3-4-5-15-6-11-21(26-14-15)17-9-7-16(8-10-17)18-12-19(23)22(25)20(24)13-18/h7-10,12-14,21H,2-6,11H2,1H3. The molecule has 0 amide bonds. The van der Waals surface area contributed by atoms with Crippen LogP contribution in [0.25, 0.3) is 11.1 Å². The van der Waals surface area contributed by atoms with Crippen LogP contribution < -0.4 is 0 Å². The summed E-state index contributed by atoms with van der Waals surface area (Å²) in [5, 5.41) is 0. The lowest BCUT2D eigenvalue weighted by Crippen LogP contribution is -2.07. The minimum Gasteiger partial charge on any atom is -0.493 e. The molecule has 0 aromatic heterocycles. The average Bonchev–Trinajstić information content (AvgIpc) is 2.67. The Labute approximate surface area is 152 Å². The fraction of sp³-hybridized carbons (Fsp3) is 0.364. The monoisotopic (exact) mass is 360 g/mol. The van der Waals surface area contributed by atoms with E-state index < -0.39 is 17.5 Å². The van der Waals surface area contributed by atoms with Crippen LogP contribution in [0.4, 0.5) is 13.2 Å². The molecule has 0 aliphatic carbocycles. The number of hydrogen-bond acceptors (Lipinski definition) is 1. The number of allylic oxidation sites excluding steroid dienone is 1. The van der Waals surface area contributed by atoms with Gasteiger partial charge in [0.1, 0.15) is 6.10 Å². The first-order chi connectivity index (χ1) is 12.6. The molecule has 2 aromatic carbocycles. The van der Waals surface area contributed by atoms with Gasteiger partial charge in [0, 0.05) is 0 Å². The maximum Gasteiger partial charge on any atom is 0.194 e. The molecule has 0 N–H and O–H groups in total. The molecule has 0 bridgehead atoms. The van der Waals surface area contributed by atoms with Gasteiger partial charge in [-0.1, -0.05) is 44.0 Å². The van der Waals surface area contributed by atoms with Gasteiger partial charge in [-0.05, 0) is 60.1 Å². The fourth-order valence-corrected chi connectivity index (χ4v) is 3.27. The van der Waals surface area contributed by atoms with E-state index in [-0.39, 0.29) is 6.10 Å². The minimum atomic E-state index is -1.44. The Balaban J connectivity index is 1.67. The highest BCUT2D eigenvalue weighted by atomic mass is 19.2. The summed E-state index contributed by atoms with van der Waals surface area (Å²) < 4.78 is 45.8. The molecular formula is C22H23F3O. The van der Waals surface area contributed by atoms with Gasteiger partial charge in [-0.25, -0.2) is 13.2 Å². The molecule has 0 radical (unpaired) electrons. The van der Waals surface area contributed by atoms with Crippen molar-refractivity contribution < 1.29 is 17.9 Å². The van der Waals surface area contributed by atoms with Gasteiger partial charge in [-0.3, -0.25) is 0 Å². The van der Waals surface area contributed by atoms with Crippen molar-refractivity contribution in [1.82, 2.24) is 0 Å². The van der Waals surface area contributed by atoms with Gasteiger partial charge in [0.25, 0.3) is 0 Å². The van der Waals surface area contributed by atoms with Gasteiger partial charge >= 0.3 is 0 Å². The molecular weight excluding hydrogens is 337 g/mol. The summed E-state index contributed by atoms with van der Waals surface area (Å²) in [6, 6.07) is 9.38. The first-order valence-electron chi connectivity index (χ1n) is 9.16. The lowest BCUT2D eigenvalue weighted by Gasteiger charge is -2.23. The number of halogens is 3. The molecule has 3 rings (SSSR count). The number of unbranched alkanes of at least 4 members (excludes halogenated alkanes) is 2. The Morgan fingerprint density at radius 3 is 2.23 bits per heavy atom. The van der Waals surface area contributed by atoms with Crippen molar-refractivity contribution in [1.29, 1.82) is 0 Å². The molecule has 1 atom stereocenters. The number of ether oxygens (including phenoxy) is 1.